The highest BCUT2D eigenvalue weighted by molar-refractivity contribution is 7.99. The van der Waals surface area contributed by atoms with Gasteiger partial charge in [-0.25, -0.2) is 0 Å². The lowest BCUT2D eigenvalue weighted by Gasteiger charge is -2.11. The first-order chi connectivity index (χ1) is 9.26. The average molecular weight is 279 g/mol. The zero-order chi connectivity index (χ0) is 13.9. The number of hydrogen-bond acceptors (Lipinski definition) is 1. The average Bonchev–Trinajstić information content (AvgIpc) is 2.43. The van der Waals surface area contributed by atoms with Gasteiger partial charge >= 0.3 is 0 Å². The third-order valence-corrected chi connectivity index (χ3v) is 4.67. The molecular formula is C18H30S. The zero-order valence-electron chi connectivity index (χ0n) is 13.0. The predicted octanol–water partition coefficient (Wildman–Crippen LogP) is 6.34. The standard InChI is InChI=1S/C18H30S/c1-4-6-8-14-19-18-12-10-17(11-13-18)15-16(3)9-7-5-2/h10-13,16H,4-9,14-15H2,1-3H3. The molecule has 0 aliphatic heterocycles. The maximum absolute atomic E-state index is 2.38. The van der Waals surface area contributed by atoms with Crippen molar-refractivity contribution in [2.75, 3.05) is 5.75 Å². The molecule has 1 heteroatoms. The fourth-order valence-corrected chi connectivity index (χ4v) is 3.23. The van der Waals surface area contributed by atoms with Crippen LogP contribution in [-0.4, -0.2) is 5.75 Å². The summed E-state index contributed by atoms with van der Waals surface area (Å²) in [6.45, 7) is 6.92. The highest BCUT2D eigenvalue weighted by Crippen LogP contribution is 2.22. The largest absolute Gasteiger partial charge is 0.126 e. The lowest BCUT2D eigenvalue weighted by atomic mass is 9.96. The molecule has 0 aliphatic carbocycles. The molecule has 19 heavy (non-hydrogen) atoms. The molecule has 0 fully saturated rings. The molecule has 0 saturated carbocycles. The van der Waals surface area contributed by atoms with Crippen molar-refractivity contribution in [3.8, 4) is 0 Å². The van der Waals surface area contributed by atoms with Crippen LogP contribution in [0.5, 0.6) is 0 Å². The molecule has 1 atom stereocenters. The smallest absolute Gasteiger partial charge is 0.00721 e. The van der Waals surface area contributed by atoms with Crippen LogP contribution >= 0.6 is 11.8 Å². The highest BCUT2D eigenvalue weighted by atomic mass is 32.2. The molecule has 1 unspecified atom stereocenters. The second kappa shape index (κ2) is 10.4. The van der Waals surface area contributed by atoms with Crippen LogP contribution in [0.15, 0.2) is 29.2 Å². The Balaban J connectivity index is 2.30. The second-order valence-electron chi connectivity index (χ2n) is 5.65. The van der Waals surface area contributed by atoms with E-state index in [4.69, 9.17) is 0 Å². The molecule has 0 spiro atoms. The first kappa shape index (κ1) is 16.6. The van der Waals surface area contributed by atoms with Gasteiger partial charge in [0.1, 0.15) is 0 Å². The minimum Gasteiger partial charge on any atom is -0.126 e. The number of unbranched alkanes of at least 4 members (excludes halogenated alkanes) is 3. The summed E-state index contributed by atoms with van der Waals surface area (Å²) in [4.78, 5) is 1.43. The van der Waals surface area contributed by atoms with Crippen LogP contribution < -0.4 is 0 Å². The van der Waals surface area contributed by atoms with Gasteiger partial charge in [-0.1, -0.05) is 65.0 Å². The maximum Gasteiger partial charge on any atom is 0.00721 e. The minimum atomic E-state index is 0.822. The third kappa shape index (κ3) is 7.67. The number of hydrogen-bond donors (Lipinski definition) is 0. The van der Waals surface area contributed by atoms with E-state index >= 15 is 0 Å². The molecule has 0 radical (unpaired) electrons. The van der Waals surface area contributed by atoms with E-state index in [9.17, 15) is 0 Å². The van der Waals surface area contributed by atoms with Gasteiger partial charge in [0.25, 0.3) is 0 Å². The summed E-state index contributed by atoms with van der Waals surface area (Å²) >= 11 is 2.00. The van der Waals surface area contributed by atoms with Crippen LogP contribution in [0.25, 0.3) is 0 Å². The van der Waals surface area contributed by atoms with Crippen molar-refractivity contribution < 1.29 is 0 Å². The van der Waals surface area contributed by atoms with Crippen LogP contribution in [0.2, 0.25) is 0 Å². The van der Waals surface area contributed by atoms with Gasteiger partial charge in [-0.3, -0.25) is 0 Å². The van der Waals surface area contributed by atoms with Crippen molar-refractivity contribution in [1.82, 2.24) is 0 Å². The van der Waals surface area contributed by atoms with E-state index in [0.29, 0.717) is 0 Å². The zero-order valence-corrected chi connectivity index (χ0v) is 13.8. The summed E-state index contributed by atoms with van der Waals surface area (Å²) in [5, 5.41) is 0. The van der Waals surface area contributed by atoms with Crippen LogP contribution in [0.4, 0.5) is 0 Å². The van der Waals surface area contributed by atoms with Crippen molar-refractivity contribution >= 4 is 11.8 Å². The van der Waals surface area contributed by atoms with Crippen LogP contribution in [-0.2, 0) is 6.42 Å². The molecule has 1 aromatic rings. The van der Waals surface area contributed by atoms with Gasteiger partial charge in [-0.2, -0.15) is 0 Å². The van der Waals surface area contributed by atoms with Crippen molar-refractivity contribution in [1.29, 1.82) is 0 Å². The molecule has 1 rings (SSSR count). The SMILES string of the molecule is CCCCCSc1ccc(CC(C)CCCC)cc1. The Morgan fingerprint density at radius 2 is 1.63 bits per heavy atom. The lowest BCUT2D eigenvalue weighted by molar-refractivity contribution is 0.503. The van der Waals surface area contributed by atoms with Crippen LogP contribution in [0.3, 0.4) is 0 Å². The molecule has 0 N–H and O–H groups in total. The lowest BCUT2D eigenvalue weighted by Crippen LogP contribution is -1.99. The summed E-state index contributed by atoms with van der Waals surface area (Å²) in [7, 11) is 0. The molecular weight excluding hydrogens is 248 g/mol. The van der Waals surface area contributed by atoms with Crippen molar-refractivity contribution in [2.45, 2.75) is 70.6 Å². The fraction of sp³-hybridized carbons (Fsp3) is 0.667. The van der Waals surface area contributed by atoms with E-state index in [2.05, 4.69) is 45.0 Å². The molecule has 0 saturated heterocycles. The Kier molecular flexibility index (Phi) is 9.07. The Labute approximate surface area is 124 Å². The summed E-state index contributed by atoms with van der Waals surface area (Å²) < 4.78 is 0. The van der Waals surface area contributed by atoms with E-state index < -0.39 is 0 Å². The number of rotatable bonds is 10. The number of benzene rings is 1. The number of thioether (sulfide) groups is 1. The molecule has 1 aromatic carbocycles. The summed E-state index contributed by atoms with van der Waals surface area (Å²) in [6, 6.07) is 9.26. The Bertz CT molecular complexity index is 315. The molecule has 0 nitrogen and oxygen atoms in total. The molecule has 0 bridgehead atoms. The van der Waals surface area contributed by atoms with Gasteiger partial charge in [0.15, 0.2) is 0 Å². The molecule has 0 aliphatic rings. The monoisotopic (exact) mass is 278 g/mol. The second-order valence-corrected chi connectivity index (χ2v) is 6.82. The molecule has 108 valence electrons. The van der Waals surface area contributed by atoms with Crippen molar-refractivity contribution in [2.24, 2.45) is 5.92 Å². The quantitative estimate of drug-likeness (QED) is 0.355. The van der Waals surface area contributed by atoms with Crippen LogP contribution in [0, 0.1) is 5.92 Å². The highest BCUT2D eigenvalue weighted by Gasteiger charge is 2.03. The predicted molar refractivity (Wildman–Crippen MR) is 89.1 cm³/mol. The van der Waals surface area contributed by atoms with Gasteiger partial charge in [-0.15, -0.1) is 11.8 Å². The summed E-state index contributed by atoms with van der Waals surface area (Å²) in [5.74, 6) is 2.09. The van der Waals surface area contributed by atoms with Crippen molar-refractivity contribution in [3.63, 3.8) is 0 Å². The topological polar surface area (TPSA) is 0 Å². The van der Waals surface area contributed by atoms with Gasteiger partial charge in [0.2, 0.25) is 0 Å². The van der Waals surface area contributed by atoms with E-state index in [-0.39, 0.29) is 0 Å². The molecule has 0 amide bonds. The fourth-order valence-electron chi connectivity index (χ4n) is 2.32. The molecule has 0 aromatic heterocycles. The summed E-state index contributed by atoms with van der Waals surface area (Å²) in [5.41, 5.74) is 1.50. The normalized spacial score (nSPS) is 12.6. The van der Waals surface area contributed by atoms with E-state index in [1.807, 2.05) is 11.8 Å². The van der Waals surface area contributed by atoms with Gasteiger partial charge in [0, 0.05) is 4.90 Å². The van der Waals surface area contributed by atoms with Crippen LogP contribution in [0.1, 0.15) is 64.9 Å². The van der Waals surface area contributed by atoms with Gasteiger partial charge in [-0.05, 0) is 42.2 Å². The molecule has 0 heterocycles. The Morgan fingerprint density at radius 3 is 2.26 bits per heavy atom. The van der Waals surface area contributed by atoms with E-state index in [0.717, 1.165) is 5.92 Å². The first-order valence-electron chi connectivity index (χ1n) is 7.98. The summed E-state index contributed by atoms with van der Waals surface area (Å²) in [6.07, 6.45) is 9.31. The first-order valence-corrected chi connectivity index (χ1v) is 8.96. The minimum absolute atomic E-state index is 0.822. The third-order valence-electron chi connectivity index (χ3n) is 3.57. The Morgan fingerprint density at radius 1 is 0.947 bits per heavy atom. The van der Waals surface area contributed by atoms with E-state index in [1.165, 1.54) is 61.2 Å². The van der Waals surface area contributed by atoms with Crippen molar-refractivity contribution in [3.05, 3.63) is 29.8 Å². The van der Waals surface area contributed by atoms with Gasteiger partial charge in [0.05, 0.1) is 0 Å². The Hall–Kier alpha value is -0.430. The maximum atomic E-state index is 2.38. The van der Waals surface area contributed by atoms with E-state index in [1.54, 1.807) is 0 Å². The van der Waals surface area contributed by atoms with Gasteiger partial charge < -0.3 is 0 Å².